The number of halogens is 1. The first kappa shape index (κ1) is 22.9. The largest absolute Gasteiger partial charge is 0.417 e. The number of aryl methyl sites for hydroxylation is 1. The number of allylic oxidation sites excluding steroid dienone is 2. The fraction of sp³-hybridized carbons (Fsp3) is 0.115. The molecule has 5 rings (SSSR count). The van der Waals surface area contributed by atoms with Crippen LogP contribution in [0.15, 0.2) is 88.5 Å². The number of thiophene rings is 1. The SMILES string of the molecule is Cc1ccc(-c2cccc(CN3C=C4CC=CC(NC(=O)Oc5ccc(Cl)s5)=C4C3=O)c2)c(=O)[nH]1. The third-order valence-corrected chi connectivity index (χ3v) is 6.73. The number of rotatable bonds is 5. The van der Waals surface area contributed by atoms with Crippen molar-refractivity contribution in [1.82, 2.24) is 15.2 Å². The van der Waals surface area contributed by atoms with Gasteiger partial charge in [-0.05, 0) is 66.5 Å². The van der Waals surface area contributed by atoms with Crippen LogP contribution in [0, 0.1) is 6.92 Å². The van der Waals surface area contributed by atoms with E-state index >= 15 is 0 Å². The second-order valence-corrected chi connectivity index (χ2v) is 9.82. The average molecular weight is 506 g/mol. The molecule has 9 heteroatoms. The molecule has 2 aliphatic rings. The third kappa shape index (κ3) is 4.84. The number of benzene rings is 1. The van der Waals surface area contributed by atoms with Crippen LogP contribution in [0.1, 0.15) is 17.7 Å². The van der Waals surface area contributed by atoms with Gasteiger partial charge in [-0.2, -0.15) is 0 Å². The van der Waals surface area contributed by atoms with Gasteiger partial charge in [0.05, 0.1) is 22.2 Å². The second kappa shape index (κ2) is 9.40. The van der Waals surface area contributed by atoms with Gasteiger partial charge in [0, 0.05) is 17.5 Å². The Kier molecular flexibility index (Phi) is 6.15. The molecule has 1 aliphatic heterocycles. The maximum Gasteiger partial charge on any atom is 0.417 e. The minimum absolute atomic E-state index is 0.156. The molecule has 2 amide bonds. The number of ether oxygens (including phenoxy) is 1. The lowest BCUT2D eigenvalue weighted by Crippen LogP contribution is -2.30. The summed E-state index contributed by atoms with van der Waals surface area (Å²) in [7, 11) is 0. The maximum absolute atomic E-state index is 13.3. The van der Waals surface area contributed by atoms with Gasteiger partial charge in [-0.3, -0.25) is 14.9 Å². The van der Waals surface area contributed by atoms with E-state index in [1.54, 1.807) is 35.4 Å². The first-order chi connectivity index (χ1) is 16.9. The Morgan fingerprint density at radius 3 is 2.83 bits per heavy atom. The summed E-state index contributed by atoms with van der Waals surface area (Å²) >= 11 is 7.02. The number of nitrogens with one attached hydrogen (secondary N) is 2. The molecule has 2 aromatic heterocycles. The van der Waals surface area contributed by atoms with Crippen LogP contribution in [0.2, 0.25) is 4.34 Å². The molecule has 3 aromatic rings. The summed E-state index contributed by atoms with van der Waals surface area (Å²) in [6.07, 6.45) is 5.28. The molecule has 0 saturated carbocycles. The average Bonchev–Trinajstić information content (AvgIpc) is 3.36. The van der Waals surface area contributed by atoms with E-state index in [1.807, 2.05) is 43.3 Å². The van der Waals surface area contributed by atoms with Crippen molar-refractivity contribution in [3.8, 4) is 16.2 Å². The molecule has 0 bridgehead atoms. The van der Waals surface area contributed by atoms with E-state index in [1.165, 1.54) is 0 Å². The lowest BCUT2D eigenvalue weighted by atomic mass is 9.98. The van der Waals surface area contributed by atoms with Gasteiger partial charge in [-0.1, -0.05) is 47.2 Å². The van der Waals surface area contributed by atoms with E-state index in [9.17, 15) is 14.4 Å². The van der Waals surface area contributed by atoms with E-state index in [0.717, 1.165) is 33.7 Å². The molecule has 0 fully saturated rings. The van der Waals surface area contributed by atoms with E-state index < -0.39 is 6.09 Å². The molecule has 1 aliphatic carbocycles. The van der Waals surface area contributed by atoms with Crippen molar-refractivity contribution < 1.29 is 14.3 Å². The number of pyridine rings is 1. The Morgan fingerprint density at radius 1 is 1.20 bits per heavy atom. The molecule has 1 aromatic carbocycles. The number of hydrogen-bond acceptors (Lipinski definition) is 5. The number of nitrogens with zero attached hydrogens (tertiary/aromatic N) is 1. The zero-order valence-corrected chi connectivity index (χ0v) is 20.2. The molecule has 3 heterocycles. The Labute approximate surface area is 210 Å². The number of carbonyl (C=O) groups excluding carboxylic acids is 2. The lowest BCUT2D eigenvalue weighted by Gasteiger charge is -2.16. The molecule has 0 unspecified atom stereocenters. The van der Waals surface area contributed by atoms with Crippen LogP contribution in [0.25, 0.3) is 11.1 Å². The predicted octanol–water partition coefficient (Wildman–Crippen LogP) is 5.29. The van der Waals surface area contributed by atoms with Crippen LogP contribution in [0.5, 0.6) is 5.06 Å². The highest BCUT2D eigenvalue weighted by atomic mass is 35.5. The fourth-order valence-electron chi connectivity index (χ4n) is 4.06. The minimum atomic E-state index is -0.695. The summed E-state index contributed by atoms with van der Waals surface area (Å²) in [4.78, 5) is 42.4. The maximum atomic E-state index is 13.3. The van der Waals surface area contributed by atoms with E-state index in [2.05, 4.69) is 10.3 Å². The molecule has 176 valence electrons. The highest BCUT2D eigenvalue weighted by Gasteiger charge is 2.32. The van der Waals surface area contributed by atoms with Crippen molar-refractivity contribution >= 4 is 34.9 Å². The molecular formula is C26H20ClN3O4S. The Morgan fingerprint density at radius 2 is 2.06 bits per heavy atom. The summed E-state index contributed by atoms with van der Waals surface area (Å²) < 4.78 is 5.77. The molecule has 0 radical (unpaired) electrons. The van der Waals surface area contributed by atoms with Crippen LogP contribution >= 0.6 is 22.9 Å². The highest BCUT2D eigenvalue weighted by molar-refractivity contribution is 7.17. The summed E-state index contributed by atoms with van der Waals surface area (Å²) in [5, 5.41) is 3.03. The first-order valence-corrected chi connectivity index (χ1v) is 12.0. The van der Waals surface area contributed by atoms with Gasteiger partial charge in [0.25, 0.3) is 11.5 Å². The number of aromatic nitrogens is 1. The Bertz CT molecular complexity index is 1500. The smallest absolute Gasteiger partial charge is 0.399 e. The molecule has 0 atom stereocenters. The molecular weight excluding hydrogens is 486 g/mol. The lowest BCUT2D eigenvalue weighted by molar-refractivity contribution is -0.124. The molecule has 2 N–H and O–H groups in total. The third-order valence-electron chi connectivity index (χ3n) is 5.62. The Balaban J connectivity index is 1.34. The van der Waals surface area contributed by atoms with Crippen LogP contribution in [0.4, 0.5) is 4.79 Å². The van der Waals surface area contributed by atoms with E-state index in [4.69, 9.17) is 16.3 Å². The number of carbonyl (C=O) groups is 2. The van der Waals surface area contributed by atoms with Crippen LogP contribution in [0.3, 0.4) is 0 Å². The quantitative estimate of drug-likeness (QED) is 0.492. The molecule has 0 saturated heterocycles. The Hall–Kier alpha value is -3.88. The molecule has 0 spiro atoms. The van der Waals surface area contributed by atoms with Gasteiger partial charge in [0.15, 0.2) is 5.06 Å². The van der Waals surface area contributed by atoms with Crippen molar-refractivity contribution in [2.45, 2.75) is 19.9 Å². The van der Waals surface area contributed by atoms with Gasteiger partial charge in [-0.25, -0.2) is 4.79 Å². The fourth-order valence-corrected chi connectivity index (χ4v) is 4.93. The zero-order valence-electron chi connectivity index (χ0n) is 18.6. The number of amides is 2. The zero-order chi connectivity index (χ0) is 24.5. The first-order valence-electron chi connectivity index (χ1n) is 10.8. The summed E-state index contributed by atoms with van der Waals surface area (Å²) in [5.74, 6) is -0.211. The van der Waals surface area contributed by atoms with Crippen LogP contribution in [-0.4, -0.2) is 21.9 Å². The topological polar surface area (TPSA) is 91.5 Å². The highest BCUT2D eigenvalue weighted by Crippen LogP contribution is 2.33. The number of H-pyrrole nitrogens is 1. The predicted molar refractivity (Wildman–Crippen MR) is 135 cm³/mol. The van der Waals surface area contributed by atoms with Crippen molar-refractivity contribution in [2.24, 2.45) is 0 Å². The van der Waals surface area contributed by atoms with Crippen molar-refractivity contribution in [1.29, 1.82) is 0 Å². The van der Waals surface area contributed by atoms with E-state index in [0.29, 0.717) is 39.2 Å². The number of hydrogen-bond donors (Lipinski definition) is 2. The van der Waals surface area contributed by atoms with Gasteiger partial charge in [-0.15, -0.1) is 0 Å². The van der Waals surface area contributed by atoms with Crippen molar-refractivity contribution in [3.05, 3.63) is 110 Å². The van der Waals surface area contributed by atoms with Gasteiger partial charge in [0.2, 0.25) is 0 Å². The summed E-state index contributed by atoms with van der Waals surface area (Å²) in [5.41, 5.74) is 4.52. The number of fused-ring (bicyclic) bond motifs is 1. The number of aromatic amines is 1. The van der Waals surface area contributed by atoms with Crippen molar-refractivity contribution in [2.75, 3.05) is 0 Å². The summed E-state index contributed by atoms with van der Waals surface area (Å²) in [6.45, 7) is 2.16. The molecule has 7 nitrogen and oxygen atoms in total. The van der Waals surface area contributed by atoms with Gasteiger partial charge < -0.3 is 14.6 Å². The second-order valence-electron chi connectivity index (χ2n) is 8.14. The summed E-state index contributed by atoms with van der Waals surface area (Å²) in [6, 6.07) is 14.4. The normalized spacial score (nSPS) is 14.7. The van der Waals surface area contributed by atoms with Crippen LogP contribution in [-0.2, 0) is 11.3 Å². The van der Waals surface area contributed by atoms with E-state index in [-0.39, 0.29) is 11.5 Å². The molecule has 35 heavy (non-hydrogen) atoms. The van der Waals surface area contributed by atoms with Crippen LogP contribution < -0.4 is 15.6 Å². The minimum Gasteiger partial charge on any atom is -0.399 e. The monoisotopic (exact) mass is 505 g/mol. The van der Waals surface area contributed by atoms with Crippen molar-refractivity contribution in [3.63, 3.8) is 0 Å². The standard InChI is InChI=1S/C26H20ClN3O4S/c1-15-8-9-19(24(31)28-15)17-5-2-4-16(12-17)13-30-14-18-6-3-7-20(23(18)25(30)32)29-26(33)34-22-11-10-21(27)35-22/h2-5,7-12,14H,6,13H2,1H3,(H,28,31)(H,29,33). The van der Waals surface area contributed by atoms with Gasteiger partial charge >= 0.3 is 6.09 Å². The van der Waals surface area contributed by atoms with Gasteiger partial charge in [0.1, 0.15) is 0 Å².